The number of carbonyl (C=O) groups excluding carboxylic acids is 2. The first kappa shape index (κ1) is 25.5. The molecule has 0 aliphatic carbocycles. The number of esters is 2. The van der Waals surface area contributed by atoms with Gasteiger partial charge in [-0.3, -0.25) is 0 Å². The number of benzene rings is 3. The van der Waals surface area contributed by atoms with Crippen LogP contribution >= 0.6 is 23.4 Å². The van der Waals surface area contributed by atoms with Crippen LogP contribution in [0.15, 0.2) is 77.7 Å². The zero-order chi connectivity index (χ0) is 24.3. The zero-order valence-electron chi connectivity index (χ0n) is 19.0. The highest BCUT2D eigenvalue weighted by Gasteiger charge is 2.22. The van der Waals surface area contributed by atoms with Crippen LogP contribution in [0.3, 0.4) is 0 Å². The van der Waals surface area contributed by atoms with Crippen molar-refractivity contribution in [1.29, 1.82) is 0 Å². The largest absolute Gasteiger partial charge is 0.493 e. The minimum Gasteiger partial charge on any atom is -0.493 e. The highest BCUT2D eigenvalue weighted by molar-refractivity contribution is 7.99. The molecule has 6 nitrogen and oxygen atoms in total. The van der Waals surface area contributed by atoms with Crippen LogP contribution in [0.5, 0.6) is 5.75 Å². The Kier molecular flexibility index (Phi) is 9.67. The van der Waals surface area contributed by atoms with Gasteiger partial charge in [-0.05, 0) is 54.1 Å². The molecule has 0 aliphatic rings. The number of ether oxygens (including phenoxy) is 3. The van der Waals surface area contributed by atoms with E-state index >= 15 is 0 Å². The van der Waals surface area contributed by atoms with Gasteiger partial charge in [-0.1, -0.05) is 35.9 Å². The number of thioether (sulfide) groups is 1. The molecule has 0 aromatic heterocycles. The van der Waals surface area contributed by atoms with E-state index in [9.17, 15) is 9.59 Å². The molecule has 1 unspecified atom stereocenters. The Bertz CT molecular complexity index is 1090. The van der Waals surface area contributed by atoms with Gasteiger partial charge in [0.2, 0.25) is 0 Å². The summed E-state index contributed by atoms with van der Waals surface area (Å²) in [4.78, 5) is 25.6. The molecular formula is C26H26ClNO5S. The molecule has 0 fully saturated rings. The quantitative estimate of drug-likeness (QED) is 0.212. The molecule has 0 saturated heterocycles. The monoisotopic (exact) mass is 499 g/mol. The molecule has 0 bridgehead atoms. The van der Waals surface area contributed by atoms with E-state index < -0.39 is 18.0 Å². The second-order valence-electron chi connectivity index (χ2n) is 7.26. The summed E-state index contributed by atoms with van der Waals surface area (Å²) in [7, 11) is 2.65. The molecule has 0 saturated carbocycles. The molecule has 178 valence electrons. The van der Waals surface area contributed by atoms with Crippen molar-refractivity contribution in [3.05, 3.63) is 88.9 Å². The fourth-order valence-electron chi connectivity index (χ4n) is 3.23. The van der Waals surface area contributed by atoms with Gasteiger partial charge in [-0.2, -0.15) is 0 Å². The van der Waals surface area contributed by atoms with E-state index in [0.29, 0.717) is 24.3 Å². The Morgan fingerprint density at radius 2 is 1.65 bits per heavy atom. The number of rotatable bonds is 11. The fraction of sp³-hybridized carbons (Fsp3) is 0.231. The fourth-order valence-corrected chi connectivity index (χ4v) is 4.08. The van der Waals surface area contributed by atoms with Crippen LogP contribution in [0, 0.1) is 0 Å². The van der Waals surface area contributed by atoms with Gasteiger partial charge < -0.3 is 19.5 Å². The Balaban J connectivity index is 1.57. The summed E-state index contributed by atoms with van der Waals surface area (Å²) < 4.78 is 15.6. The minimum absolute atomic E-state index is 0.346. The van der Waals surface area contributed by atoms with Crippen LogP contribution < -0.4 is 10.1 Å². The van der Waals surface area contributed by atoms with Crippen molar-refractivity contribution >= 4 is 41.0 Å². The number of carbonyl (C=O) groups is 2. The molecule has 1 N–H and O–H groups in total. The smallest absolute Gasteiger partial charge is 0.339 e. The molecular weight excluding hydrogens is 474 g/mol. The Morgan fingerprint density at radius 1 is 0.941 bits per heavy atom. The lowest BCUT2D eigenvalue weighted by molar-refractivity contribution is -0.141. The third kappa shape index (κ3) is 7.43. The van der Waals surface area contributed by atoms with Gasteiger partial charge in [0.05, 0.1) is 26.4 Å². The zero-order valence-corrected chi connectivity index (χ0v) is 20.5. The van der Waals surface area contributed by atoms with Crippen LogP contribution in [0.2, 0.25) is 5.02 Å². The van der Waals surface area contributed by atoms with Gasteiger partial charge >= 0.3 is 11.9 Å². The molecule has 0 amide bonds. The van der Waals surface area contributed by atoms with Crippen LogP contribution in [0.1, 0.15) is 15.9 Å². The number of methoxy groups -OCH3 is 2. The lowest BCUT2D eigenvalue weighted by Crippen LogP contribution is -2.33. The first-order valence-corrected chi connectivity index (χ1v) is 12.0. The number of hydrogen-bond acceptors (Lipinski definition) is 7. The van der Waals surface area contributed by atoms with Crippen molar-refractivity contribution < 1.29 is 23.8 Å². The lowest BCUT2D eigenvalue weighted by atomic mass is 10.0. The summed E-state index contributed by atoms with van der Waals surface area (Å²) in [6.45, 7) is 0.559. The predicted octanol–water partition coefficient (Wildman–Crippen LogP) is 5.49. The van der Waals surface area contributed by atoms with E-state index in [-0.39, 0.29) is 0 Å². The first-order valence-electron chi connectivity index (χ1n) is 10.6. The van der Waals surface area contributed by atoms with E-state index in [4.69, 9.17) is 25.8 Å². The molecule has 3 aromatic carbocycles. The molecule has 1 atom stereocenters. The van der Waals surface area contributed by atoms with Crippen LogP contribution in [-0.4, -0.2) is 44.6 Å². The topological polar surface area (TPSA) is 73.9 Å². The third-order valence-electron chi connectivity index (χ3n) is 4.95. The lowest BCUT2D eigenvalue weighted by Gasteiger charge is -2.19. The van der Waals surface area contributed by atoms with E-state index in [2.05, 4.69) is 5.32 Å². The Labute approximate surface area is 208 Å². The van der Waals surface area contributed by atoms with Crippen molar-refractivity contribution in [2.24, 2.45) is 0 Å². The second-order valence-corrected chi connectivity index (χ2v) is 8.86. The summed E-state index contributed by atoms with van der Waals surface area (Å²) in [5.41, 5.74) is 1.77. The van der Waals surface area contributed by atoms with Crippen molar-refractivity contribution in [1.82, 2.24) is 0 Å². The second kappa shape index (κ2) is 12.9. The van der Waals surface area contributed by atoms with Crippen LogP contribution in [-0.2, 0) is 20.7 Å². The van der Waals surface area contributed by atoms with Gasteiger partial charge in [0.25, 0.3) is 0 Å². The van der Waals surface area contributed by atoms with Gasteiger partial charge in [-0.15, -0.1) is 11.8 Å². The molecule has 3 aromatic rings. The SMILES string of the molecule is COC(=O)c1ccccc1NC(Cc1ccc(OCCSc2ccc(Cl)cc2)cc1)C(=O)OC. The first-order chi connectivity index (χ1) is 16.5. The maximum absolute atomic E-state index is 12.4. The molecule has 0 spiro atoms. The highest BCUT2D eigenvalue weighted by Crippen LogP contribution is 2.22. The number of hydrogen-bond donors (Lipinski definition) is 1. The van der Waals surface area contributed by atoms with Gasteiger partial charge in [-0.25, -0.2) is 9.59 Å². The van der Waals surface area contributed by atoms with E-state index in [1.807, 2.05) is 48.5 Å². The number of halogens is 1. The van der Waals surface area contributed by atoms with Gasteiger partial charge in [0.1, 0.15) is 11.8 Å². The van der Waals surface area contributed by atoms with Crippen molar-refractivity contribution in [2.75, 3.05) is 31.9 Å². The third-order valence-corrected chi connectivity index (χ3v) is 6.17. The molecule has 0 radical (unpaired) electrons. The number of nitrogens with one attached hydrogen (secondary N) is 1. The maximum atomic E-state index is 12.4. The summed E-state index contributed by atoms with van der Waals surface area (Å²) in [5, 5.41) is 3.84. The normalized spacial score (nSPS) is 11.4. The average molecular weight is 500 g/mol. The summed E-state index contributed by atoms with van der Waals surface area (Å²) >= 11 is 7.60. The molecule has 34 heavy (non-hydrogen) atoms. The standard InChI is InChI=1S/C26H26ClNO5S/c1-31-25(29)22-5-3-4-6-23(22)28-24(26(30)32-2)17-18-7-11-20(12-8-18)33-15-16-34-21-13-9-19(27)10-14-21/h3-14,24,28H,15-17H2,1-2H3. The Hall–Kier alpha value is -3.16. The van der Waals surface area contributed by atoms with Crippen molar-refractivity contribution in [2.45, 2.75) is 17.4 Å². The molecule has 0 aliphatic heterocycles. The average Bonchev–Trinajstić information content (AvgIpc) is 2.87. The number of para-hydroxylation sites is 1. The van der Waals surface area contributed by atoms with Crippen molar-refractivity contribution in [3.63, 3.8) is 0 Å². The van der Waals surface area contributed by atoms with Crippen molar-refractivity contribution in [3.8, 4) is 5.75 Å². The molecule has 0 heterocycles. The highest BCUT2D eigenvalue weighted by atomic mass is 35.5. The van der Waals surface area contributed by atoms with Crippen LogP contribution in [0.4, 0.5) is 5.69 Å². The Morgan fingerprint density at radius 3 is 2.32 bits per heavy atom. The van der Waals surface area contributed by atoms with E-state index in [1.54, 1.807) is 36.0 Å². The molecule has 3 rings (SSSR count). The van der Waals surface area contributed by atoms with Gasteiger partial charge in [0, 0.05) is 27.8 Å². The minimum atomic E-state index is -0.682. The maximum Gasteiger partial charge on any atom is 0.339 e. The summed E-state index contributed by atoms with van der Waals surface area (Å²) in [6, 6.07) is 21.5. The van der Waals surface area contributed by atoms with Crippen LogP contribution in [0.25, 0.3) is 0 Å². The summed E-state index contributed by atoms with van der Waals surface area (Å²) in [5.74, 6) is 0.637. The van der Waals surface area contributed by atoms with E-state index in [0.717, 1.165) is 27.0 Å². The van der Waals surface area contributed by atoms with E-state index in [1.165, 1.54) is 14.2 Å². The predicted molar refractivity (Wildman–Crippen MR) is 135 cm³/mol. The summed E-state index contributed by atoms with van der Waals surface area (Å²) in [6.07, 6.45) is 0.370. The molecule has 8 heteroatoms. The van der Waals surface area contributed by atoms with Gasteiger partial charge in [0.15, 0.2) is 0 Å². The number of anilines is 1.